The molecule has 32 heavy (non-hydrogen) atoms. The van der Waals surface area contributed by atoms with Crippen molar-refractivity contribution < 1.29 is 22.4 Å². The van der Waals surface area contributed by atoms with Crippen molar-refractivity contribution in [1.82, 2.24) is 9.71 Å². The SMILES string of the molecule is CC(C)NS(=O)(=O)c1cccc(C(=O)Nc2cc(F)ccc2NC(=O)c2ccccn2)c1. The first-order valence-corrected chi connectivity index (χ1v) is 11.1. The van der Waals surface area contributed by atoms with Crippen LogP contribution in [0.3, 0.4) is 0 Å². The van der Waals surface area contributed by atoms with E-state index >= 15 is 0 Å². The van der Waals surface area contributed by atoms with Crippen LogP contribution in [0.25, 0.3) is 0 Å². The van der Waals surface area contributed by atoms with Crippen LogP contribution >= 0.6 is 0 Å². The molecule has 3 aromatic rings. The Bertz CT molecular complexity index is 1250. The second-order valence-electron chi connectivity index (χ2n) is 7.12. The standard InChI is InChI=1S/C22H21FN4O4S/c1-14(2)27-32(30,31)17-7-5-6-15(12-17)21(28)26-20-13-16(23)9-10-18(20)25-22(29)19-8-3-4-11-24-19/h3-14,27H,1-2H3,(H,25,29)(H,26,28). The molecule has 1 aromatic heterocycles. The van der Waals surface area contributed by atoms with E-state index in [0.717, 1.165) is 12.1 Å². The average molecular weight is 456 g/mol. The van der Waals surface area contributed by atoms with E-state index in [9.17, 15) is 22.4 Å². The Morgan fingerprint density at radius 1 is 0.906 bits per heavy atom. The van der Waals surface area contributed by atoms with E-state index in [1.54, 1.807) is 26.0 Å². The van der Waals surface area contributed by atoms with Crippen LogP contribution in [-0.2, 0) is 10.0 Å². The van der Waals surface area contributed by atoms with Gasteiger partial charge in [0.25, 0.3) is 11.8 Å². The number of pyridine rings is 1. The fraction of sp³-hybridized carbons (Fsp3) is 0.136. The predicted molar refractivity (Wildman–Crippen MR) is 118 cm³/mol. The van der Waals surface area contributed by atoms with Gasteiger partial charge < -0.3 is 10.6 Å². The van der Waals surface area contributed by atoms with Gasteiger partial charge in [-0.1, -0.05) is 12.1 Å². The summed E-state index contributed by atoms with van der Waals surface area (Å²) in [6.07, 6.45) is 1.46. The molecule has 0 aliphatic rings. The molecule has 2 aromatic carbocycles. The lowest BCUT2D eigenvalue weighted by molar-refractivity contribution is 0.101. The number of aromatic nitrogens is 1. The van der Waals surface area contributed by atoms with Crippen molar-refractivity contribution >= 4 is 33.2 Å². The van der Waals surface area contributed by atoms with Gasteiger partial charge in [0.05, 0.1) is 16.3 Å². The lowest BCUT2D eigenvalue weighted by atomic mass is 10.2. The summed E-state index contributed by atoms with van der Waals surface area (Å²) in [5.41, 5.74) is 0.348. The fourth-order valence-corrected chi connectivity index (χ4v) is 4.09. The molecule has 8 nitrogen and oxygen atoms in total. The number of carbonyl (C=O) groups is 2. The van der Waals surface area contributed by atoms with Gasteiger partial charge in [0.1, 0.15) is 11.5 Å². The van der Waals surface area contributed by atoms with Gasteiger partial charge >= 0.3 is 0 Å². The van der Waals surface area contributed by atoms with E-state index in [-0.39, 0.29) is 33.6 Å². The maximum absolute atomic E-state index is 13.8. The summed E-state index contributed by atoms with van der Waals surface area (Å²) < 4.78 is 41.1. The average Bonchev–Trinajstić information content (AvgIpc) is 2.75. The maximum Gasteiger partial charge on any atom is 0.274 e. The molecular weight excluding hydrogens is 435 g/mol. The predicted octanol–water partition coefficient (Wildman–Crippen LogP) is 3.41. The second-order valence-corrected chi connectivity index (χ2v) is 8.83. The third kappa shape index (κ3) is 5.74. The molecule has 0 fully saturated rings. The van der Waals surface area contributed by atoms with Gasteiger partial charge in [-0.25, -0.2) is 17.5 Å². The van der Waals surface area contributed by atoms with Crippen LogP contribution in [0.1, 0.15) is 34.7 Å². The van der Waals surface area contributed by atoms with E-state index in [1.807, 2.05) is 0 Å². The monoisotopic (exact) mass is 456 g/mol. The van der Waals surface area contributed by atoms with E-state index in [4.69, 9.17) is 0 Å². The molecule has 0 radical (unpaired) electrons. The summed E-state index contributed by atoms with van der Waals surface area (Å²) in [6, 6.07) is 13.4. The van der Waals surface area contributed by atoms with Gasteiger partial charge in [0.15, 0.2) is 0 Å². The van der Waals surface area contributed by atoms with Crippen LogP contribution in [0.4, 0.5) is 15.8 Å². The molecule has 10 heteroatoms. The van der Waals surface area contributed by atoms with Crippen molar-refractivity contribution in [2.45, 2.75) is 24.8 Å². The summed E-state index contributed by atoms with van der Waals surface area (Å²) in [5, 5.41) is 5.09. The highest BCUT2D eigenvalue weighted by atomic mass is 32.2. The number of nitrogens with zero attached hydrogens (tertiary/aromatic N) is 1. The zero-order valence-electron chi connectivity index (χ0n) is 17.3. The van der Waals surface area contributed by atoms with E-state index < -0.39 is 27.7 Å². The minimum atomic E-state index is -3.80. The number of hydrogen-bond donors (Lipinski definition) is 3. The van der Waals surface area contributed by atoms with E-state index in [0.29, 0.717) is 0 Å². The number of rotatable bonds is 7. The molecule has 0 atom stereocenters. The maximum atomic E-state index is 13.8. The first-order chi connectivity index (χ1) is 15.2. The number of benzene rings is 2. The molecule has 166 valence electrons. The third-order valence-electron chi connectivity index (χ3n) is 4.17. The highest BCUT2D eigenvalue weighted by Crippen LogP contribution is 2.24. The van der Waals surface area contributed by atoms with E-state index in [1.165, 1.54) is 42.6 Å². The Morgan fingerprint density at radius 2 is 1.66 bits per heavy atom. The first kappa shape index (κ1) is 23.0. The summed E-state index contributed by atoms with van der Waals surface area (Å²) in [6.45, 7) is 3.36. The van der Waals surface area contributed by atoms with Crippen LogP contribution in [0.5, 0.6) is 0 Å². The number of anilines is 2. The van der Waals surface area contributed by atoms with Crippen molar-refractivity contribution in [3.8, 4) is 0 Å². The smallest absolute Gasteiger partial charge is 0.274 e. The minimum absolute atomic E-state index is 0.00727. The zero-order chi connectivity index (χ0) is 23.3. The molecule has 0 spiro atoms. The number of carbonyl (C=O) groups excluding carboxylic acids is 2. The lowest BCUT2D eigenvalue weighted by Gasteiger charge is -2.13. The van der Waals surface area contributed by atoms with Crippen molar-refractivity contribution in [1.29, 1.82) is 0 Å². The van der Waals surface area contributed by atoms with Gasteiger partial charge in [0.2, 0.25) is 10.0 Å². The van der Waals surface area contributed by atoms with Crippen LogP contribution in [-0.4, -0.2) is 31.3 Å². The van der Waals surface area contributed by atoms with Crippen molar-refractivity contribution in [3.63, 3.8) is 0 Å². The van der Waals surface area contributed by atoms with Crippen LogP contribution in [0.15, 0.2) is 71.8 Å². The molecule has 0 aliphatic heterocycles. The highest BCUT2D eigenvalue weighted by molar-refractivity contribution is 7.89. The summed E-state index contributed by atoms with van der Waals surface area (Å²) in [7, 11) is -3.80. The van der Waals surface area contributed by atoms with Gasteiger partial charge in [-0.15, -0.1) is 0 Å². The van der Waals surface area contributed by atoms with Gasteiger partial charge in [-0.3, -0.25) is 14.6 Å². The molecule has 0 unspecified atom stereocenters. The number of nitrogens with one attached hydrogen (secondary N) is 3. The van der Waals surface area contributed by atoms with E-state index in [2.05, 4.69) is 20.3 Å². The third-order valence-corrected chi connectivity index (χ3v) is 5.83. The summed E-state index contributed by atoms with van der Waals surface area (Å²) >= 11 is 0. The first-order valence-electron chi connectivity index (χ1n) is 9.61. The second kappa shape index (κ2) is 9.67. The van der Waals surface area contributed by atoms with Crippen molar-refractivity contribution in [2.24, 2.45) is 0 Å². The number of halogens is 1. The Balaban J connectivity index is 1.85. The highest BCUT2D eigenvalue weighted by Gasteiger charge is 2.18. The minimum Gasteiger partial charge on any atom is -0.320 e. The van der Waals surface area contributed by atoms with Crippen LogP contribution in [0.2, 0.25) is 0 Å². The van der Waals surface area contributed by atoms with Crippen molar-refractivity contribution in [3.05, 3.63) is 83.9 Å². The summed E-state index contributed by atoms with van der Waals surface area (Å²) in [5.74, 6) is -1.85. The van der Waals surface area contributed by atoms with Gasteiger partial charge in [0, 0.05) is 17.8 Å². The van der Waals surface area contributed by atoms with Gasteiger partial charge in [-0.2, -0.15) is 0 Å². The van der Waals surface area contributed by atoms with Crippen molar-refractivity contribution in [2.75, 3.05) is 10.6 Å². The molecule has 0 aliphatic carbocycles. The molecule has 0 saturated heterocycles. The Morgan fingerprint density at radius 3 is 2.34 bits per heavy atom. The Labute approximate surface area is 184 Å². The molecule has 2 amide bonds. The number of sulfonamides is 1. The Kier molecular flexibility index (Phi) is 6.96. The molecule has 0 bridgehead atoms. The fourth-order valence-electron chi connectivity index (χ4n) is 2.79. The largest absolute Gasteiger partial charge is 0.320 e. The van der Waals surface area contributed by atoms with Crippen LogP contribution in [0, 0.1) is 5.82 Å². The summed E-state index contributed by atoms with van der Waals surface area (Å²) in [4.78, 5) is 29.0. The lowest BCUT2D eigenvalue weighted by Crippen LogP contribution is -2.30. The molecule has 3 N–H and O–H groups in total. The molecule has 0 saturated carbocycles. The number of hydrogen-bond acceptors (Lipinski definition) is 5. The molecular formula is C22H21FN4O4S. The van der Waals surface area contributed by atoms with Crippen LogP contribution < -0.4 is 15.4 Å². The topological polar surface area (TPSA) is 117 Å². The quantitative estimate of drug-likeness (QED) is 0.504. The Hall–Kier alpha value is -3.63. The molecule has 3 rings (SSSR count). The normalized spacial score (nSPS) is 11.2. The number of amides is 2. The van der Waals surface area contributed by atoms with Gasteiger partial charge in [-0.05, 0) is 62.4 Å². The molecule has 1 heterocycles. The zero-order valence-corrected chi connectivity index (χ0v) is 18.1.